The maximum absolute atomic E-state index is 5.22. The zero-order valence-corrected chi connectivity index (χ0v) is 6.05. The molecule has 54 valence electrons. The summed E-state index contributed by atoms with van der Waals surface area (Å²) in [5, 5.41) is 3.72. The highest BCUT2D eigenvalue weighted by atomic mass is 16.6. The van der Waals surface area contributed by atoms with E-state index in [2.05, 4.69) is 5.16 Å². The van der Waals surface area contributed by atoms with Crippen molar-refractivity contribution in [1.82, 2.24) is 0 Å². The zero-order chi connectivity index (χ0) is 7.11. The molecule has 0 aromatic carbocycles. The van der Waals surface area contributed by atoms with Crippen molar-refractivity contribution in [2.24, 2.45) is 10.9 Å². The molecule has 0 aliphatic carbocycles. The highest BCUT2D eigenvalue weighted by molar-refractivity contribution is 5.78. The van der Waals surface area contributed by atoms with Gasteiger partial charge in [-0.25, -0.2) is 0 Å². The van der Waals surface area contributed by atoms with Crippen molar-refractivity contribution in [2.75, 3.05) is 13.2 Å². The number of nitrogens with two attached hydrogens (primary N) is 1. The molecule has 0 aliphatic rings. The Labute approximate surface area is 55.9 Å². The van der Waals surface area contributed by atoms with Gasteiger partial charge < -0.3 is 10.6 Å². The molecular formula is C6H14N2O. The van der Waals surface area contributed by atoms with E-state index in [-0.39, 0.29) is 0 Å². The van der Waals surface area contributed by atoms with Crippen LogP contribution in [-0.2, 0) is 4.84 Å². The maximum atomic E-state index is 5.22. The van der Waals surface area contributed by atoms with Gasteiger partial charge >= 0.3 is 0 Å². The third-order valence-corrected chi connectivity index (χ3v) is 0.687. The second kappa shape index (κ2) is 5.56. The molecule has 0 aromatic heterocycles. The first-order valence-electron chi connectivity index (χ1n) is 3.10. The first-order valence-corrected chi connectivity index (χ1v) is 3.10. The van der Waals surface area contributed by atoms with Crippen LogP contribution in [0.3, 0.4) is 0 Å². The van der Waals surface area contributed by atoms with Gasteiger partial charge in [-0.15, -0.1) is 0 Å². The third-order valence-electron chi connectivity index (χ3n) is 0.687. The summed E-state index contributed by atoms with van der Waals surface area (Å²) in [6, 6.07) is 0. The third kappa shape index (κ3) is 7.43. The van der Waals surface area contributed by atoms with Gasteiger partial charge in [0, 0.05) is 0 Å². The molecule has 0 saturated heterocycles. The van der Waals surface area contributed by atoms with Crippen LogP contribution in [0, 0.1) is 0 Å². The monoisotopic (exact) mass is 130 g/mol. The summed E-state index contributed by atoms with van der Waals surface area (Å²) in [4.78, 5) is 4.84. The van der Waals surface area contributed by atoms with Crippen molar-refractivity contribution >= 4 is 5.71 Å². The fourth-order valence-electron chi connectivity index (χ4n) is 0.323. The fourth-order valence-corrected chi connectivity index (χ4v) is 0.323. The smallest absolute Gasteiger partial charge is 0.118 e. The largest absolute Gasteiger partial charge is 0.396 e. The average Bonchev–Trinajstić information content (AvgIpc) is 1.80. The van der Waals surface area contributed by atoms with Crippen molar-refractivity contribution in [3.63, 3.8) is 0 Å². The van der Waals surface area contributed by atoms with E-state index in [0.717, 1.165) is 12.1 Å². The summed E-state index contributed by atoms with van der Waals surface area (Å²) in [5.74, 6) is 0. The van der Waals surface area contributed by atoms with E-state index in [1.165, 1.54) is 0 Å². The Morgan fingerprint density at radius 1 is 1.56 bits per heavy atom. The normalized spacial score (nSPS) is 8.78. The molecule has 0 fully saturated rings. The van der Waals surface area contributed by atoms with Crippen molar-refractivity contribution in [2.45, 2.75) is 20.3 Å². The van der Waals surface area contributed by atoms with Crippen LogP contribution >= 0.6 is 0 Å². The van der Waals surface area contributed by atoms with E-state index in [9.17, 15) is 0 Å². The quantitative estimate of drug-likeness (QED) is 0.347. The van der Waals surface area contributed by atoms with E-state index in [1.807, 2.05) is 13.8 Å². The van der Waals surface area contributed by atoms with Gasteiger partial charge in [0.2, 0.25) is 0 Å². The first kappa shape index (κ1) is 8.43. The van der Waals surface area contributed by atoms with Crippen LogP contribution in [0.15, 0.2) is 5.16 Å². The van der Waals surface area contributed by atoms with E-state index in [1.54, 1.807) is 0 Å². The van der Waals surface area contributed by atoms with Crippen LogP contribution in [0.25, 0.3) is 0 Å². The van der Waals surface area contributed by atoms with Crippen molar-refractivity contribution in [3.05, 3.63) is 0 Å². The molecular weight excluding hydrogens is 116 g/mol. The molecule has 0 atom stereocenters. The molecule has 0 saturated carbocycles. The predicted molar refractivity (Wildman–Crippen MR) is 38.4 cm³/mol. The molecule has 0 bridgehead atoms. The predicted octanol–water partition coefficient (Wildman–Crippen LogP) is 0.748. The van der Waals surface area contributed by atoms with E-state index in [4.69, 9.17) is 10.6 Å². The van der Waals surface area contributed by atoms with Gasteiger partial charge in [-0.2, -0.15) is 0 Å². The van der Waals surface area contributed by atoms with Crippen molar-refractivity contribution in [1.29, 1.82) is 0 Å². The van der Waals surface area contributed by atoms with Crippen LogP contribution in [-0.4, -0.2) is 18.9 Å². The topological polar surface area (TPSA) is 47.6 Å². The Bertz CT molecular complexity index is 87.1. The molecule has 0 unspecified atom stereocenters. The second-order valence-electron chi connectivity index (χ2n) is 2.01. The van der Waals surface area contributed by atoms with Crippen LogP contribution in [0.1, 0.15) is 20.3 Å². The zero-order valence-electron chi connectivity index (χ0n) is 6.05. The van der Waals surface area contributed by atoms with Crippen LogP contribution < -0.4 is 5.73 Å². The van der Waals surface area contributed by atoms with Gasteiger partial charge in [0.05, 0.1) is 5.71 Å². The van der Waals surface area contributed by atoms with Gasteiger partial charge in [0.25, 0.3) is 0 Å². The molecule has 0 amide bonds. The van der Waals surface area contributed by atoms with Crippen LogP contribution in [0.5, 0.6) is 0 Å². The van der Waals surface area contributed by atoms with Crippen molar-refractivity contribution in [3.8, 4) is 0 Å². The molecule has 0 spiro atoms. The summed E-state index contributed by atoms with van der Waals surface area (Å²) < 4.78 is 0. The maximum Gasteiger partial charge on any atom is 0.118 e. The SMILES string of the molecule is CC(C)=NOCCCN. The Hall–Kier alpha value is -0.570. The van der Waals surface area contributed by atoms with Gasteiger partial charge in [-0.05, 0) is 26.8 Å². The minimum atomic E-state index is 0.627. The Kier molecular flexibility index (Phi) is 5.21. The van der Waals surface area contributed by atoms with E-state index >= 15 is 0 Å². The Morgan fingerprint density at radius 2 is 2.22 bits per heavy atom. The number of nitrogens with zero attached hydrogens (tertiary/aromatic N) is 1. The number of hydrogen-bond acceptors (Lipinski definition) is 3. The molecule has 0 radical (unpaired) electrons. The van der Waals surface area contributed by atoms with Crippen LogP contribution in [0.4, 0.5) is 0 Å². The van der Waals surface area contributed by atoms with Gasteiger partial charge in [0.1, 0.15) is 6.61 Å². The molecule has 3 heteroatoms. The molecule has 2 N–H and O–H groups in total. The molecule has 9 heavy (non-hydrogen) atoms. The lowest BCUT2D eigenvalue weighted by Crippen LogP contribution is -2.02. The van der Waals surface area contributed by atoms with Gasteiger partial charge in [-0.1, -0.05) is 5.16 Å². The summed E-state index contributed by atoms with van der Waals surface area (Å²) >= 11 is 0. The minimum Gasteiger partial charge on any atom is -0.396 e. The van der Waals surface area contributed by atoms with E-state index < -0.39 is 0 Å². The number of hydrogen-bond donors (Lipinski definition) is 1. The first-order chi connectivity index (χ1) is 4.27. The van der Waals surface area contributed by atoms with E-state index in [0.29, 0.717) is 13.2 Å². The lowest BCUT2D eigenvalue weighted by molar-refractivity contribution is 0.143. The minimum absolute atomic E-state index is 0.627. The standard InChI is InChI=1S/C6H14N2O/c1-6(2)8-9-5-3-4-7/h3-5,7H2,1-2H3. The highest BCUT2D eigenvalue weighted by Gasteiger charge is 1.81. The molecule has 0 rings (SSSR count). The summed E-state index contributed by atoms with van der Waals surface area (Å²) in [6.45, 7) is 5.07. The summed E-state index contributed by atoms with van der Waals surface area (Å²) in [7, 11) is 0. The second-order valence-corrected chi connectivity index (χ2v) is 2.01. The average molecular weight is 130 g/mol. The number of rotatable bonds is 4. The van der Waals surface area contributed by atoms with Gasteiger partial charge in [-0.3, -0.25) is 0 Å². The molecule has 0 aromatic rings. The Balaban J connectivity index is 3.00. The Morgan fingerprint density at radius 3 is 2.67 bits per heavy atom. The number of oxime groups is 1. The lowest BCUT2D eigenvalue weighted by atomic mass is 10.5. The summed E-state index contributed by atoms with van der Waals surface area (Å²) in [5.41, 5.74) is 6.15. The lowest BCUT2D eigenvalue weighted by Gasteiger charge is -1.95. The van der Waals surface area contributed by atoms with Crippen molar-refractivity contribution < 1.29 is 4.84 Å². The van der Waals surface area contributed by atoms with Crippen LogP contribution in [0.2, 0.25) is 0 Å². The fraction of sp³-hybridized carbons (Fsp3) is 0.833. The van der Waals surface area contributed by atoms with Gasteiger partial charge in [0.15, 0.2) is 0 Å². The summed E-state index contributed by atoms with van der Waals surface area (Å²) in [6.07, 6.45) is 0.872. The molecule has 3 nitrogen and oxygen atoms in total. The molecule has 0 aliphatic heterocycles. The molecule has 0 heterocycles. The highest BCUT2D eigenvalue weighted by Crippen LogP contribution is 1.81.